The highest BCUT2D eigenvalue weighted by molar-refractivity contribution is 5.93. The van der Waals surface area contributed by atoms with Crippen molar-refractivity contribution in [3.8, 4) is 0 Å². The predicted molar refractivity (Wildman–Crippen MR) is 111 cm³/mol. The summed E-state index contributed by atoms with van der Waals surface area (Å²) in [4.78, 5) is 18.9. The molecule has 158 valence electrons. The second kappa shape index (κ2) is 7.55. The quantitative estimate of drug-likeness (QED) is 0.671. The van der Waals surface area contributed by atoms with Crippen LogP contribution in [0.5, 0.6) is 0 Å². The van der Waals surface area contributed by atoms with Crippen molar-refractivity contribution in [3.63, 3.8) is 0 Å². The molecule has 2 N–H and O–H groups in total. The number of hydrogen-bond donors (Lipinski definition) is 2. The van der Waals surface area contributed by atoms with Gasteiger partial charge < -0.3 is 15.5 Å². The number of hydrogen-bond acceptors (Lipinski definition) is 4. The number of nitrogens with zero attached hydrogens (tertiary/aromatic N) is 4. The van der Waals surface area contributed by atoms with E-state index in [0.29, 0.717) is 35.7 Å². The fourth-order valence-corrected chi connectivity index (χ4v) is 3.74. The van der Waals surface area contributed by atoms with Crippen LogP contribution in [0.4, 0.5) is 25.1 Å². The summed E-state index contributed by atoms with van der Waals surface area (Å²) in [7, 11) is 0. The molecule has 0 radical (unpaired) electrons. The van der Waals surface area contributed by atoms with Gasteiger partial charge in [0.2, 0.25) is 0 Å². The summed E-state index contributed by atoms with van der Waals surface area (Å²) >= 11 is 0. The number of benzene rings is 1. The van der Waals surface area contributed by atoms with E-state index >= 15 is 0 Å². The van der Waals surface area contributed by atoms with E-state index in [1.165, 1.54) is 12.3 Å². The van der Waals surface area contributed by atoms with Gasteiger partial charge in [0.25, 0.3) is 0 Å². The third kappa shape index (κ3) is 4.05. The van der Waals surface area contributed by atoms with Gasteiger partial charge in [0.05, 0.1) is 12.2 Å². The van der Waals surface area contributed by atoms with E-state index in [2.05, 4.69) is 20.7 Å². The highest BCUT2D eigenvalue weighted by atomic mass is 19.1. The summed E-state index contributed by atoms with van der Waals surface area (Å²) in [6.45, 7) is 6.33. The summed E-state index contributed by atoms with van der Waals surface area (Å²) in [6.07, 6.45) is 4.81. The lowest BCUT2D eigenvalue weighted by atomic mass is 10.0. The number of halogens is 2. The molecule has 2 aromatic heterocycles. The number of anilines is 2. The Morgan fingerprint density at radius 3 is 2.80 bits per heavy atom. The van der Waals surface area contributed by atoms with Crippen molar-refractivity contribution < 1.29 is 13.6 Å². The van der Waals surface area contributed by atoms with Gasteiger partial charge >= 0.3 is 6.03 Å². The number of nitrogens with one attached hydrogen (secondary N) is 2. The lowest BCUT2D eigenvalue weighted by Gasteiger charge is -2.26. The molecule has 1 aliphatic heterocycles. The molecule has 30 heavy (non-hydrogen) atoms. The van der Waals surface area contributed by atoms with Gasteiger partial charge in [-0.2, -0.15) is 5.10 Å². The molecular formula is C21H24F2N6O. The zero-order valence-corrected chi connectivity index (χ0v) is 17.1. The summed E-state index contributed by atoms with van der Waals surface area (Å²) in [5.74, 6) is -0.276. The highest BCUT2D eigenvalue weighted by Gasteiger charge is 2.30. The first-order valence-corrected chi connectivity index (χ1v) is 9.86. The van der Waals surface area contributed by atoms with Gasteiger partial charge in [0.15, 0.2) is 5.65 Å². The second-order valence-corrected chi connectivity index (χ2v) is 8.46. The van der Waals surface area contributed by atoms with Crippen LogP contribution in [0.2, 0.25) is 0 Å². The Hall–Kier alpha value is -3.23. The third-order valence-electron chi connectivity index (χ3n) is 4.96. The average Bonchev–Trinajstić information content (AvgIpc) is 3.29. The van der Waals surface area contributed by atoms with Crippen LogP contribution >= 0.6 is 0 Å². The van der Waals surface area contributed by atoms with Crippen LogP contribution in [0, 0.1) is 11.6 Å². The number of aromatic nitrogens is 3. The average molecular weight is 414 g/mol. The van der Waals surface area contributed by atoms with E-state index in [9.17, 15) is 13.6 Å². The lowest BCUT2D eigenvalue weighted by Crippen LogP contribution is -2.43. The van der Waals surface area contributed by atoms with Crippen LogP contribution < -0.4 is 15.5 Å². The van der Waals surface area contributed by atoms with Crippen molar-refractivity contribution in [1.82, 2.24) is 19.9 Å². The Morgan fingerprint density at radius 1 is 1.23 bits per heavy atom. The van der Waals surface area contributed by atoms with Gasteiger partial charge in [-0.15, -0.1) is 0 Å². The molecule has 1 atom stereocenters. The minimum absolute atomic E-state index is 0.306. The smallest absolute Gasteiger partial charge is 0.319 e. The minimum Gasteiger partial charge on any atom is -0.349 e. The SMILES string of the molecule is CC(C)(C)NC(=O)Nc1cnn2ccc(N3CCC[C@@H]3c3cc(F)ccc3F)nc12. The maximum atomic E-state index is 14.4. The van der Waals surface area contributed by atoms with E-state index in [0.717, 1.165) is 18.6 Å². The van der Waals surface area contributed by atoms with E-state index < -0.39 is 11.6 Å². The molecule has 2 amide bonds. The summed E-state index contributed by atoms with van der Waals surface area (Å²) in [6, 6.07) is 4.65. The van der Waals surface area contributed by atoms with Crippen molar-refractivity contribution in [2.24, 2.45) is 0 Å². The van der Waals surface area contributed by atoms with Crippen molar-refractivity contribution in [2.45, 2.75) is 45.2 Å². The normalized spacial score (nSPS) is 16.8. The van der Waals surface area contributed by atoms with Gasteiger partial charge in [0, 0.05) is 23.8 Å². The van der Waals surface area contributed by atoms with Gasteiger partial charge in [-0.25, -0.2) is 23.1 Å². The Balaban J connectivity index is 1.64. The van der Waals surface area contributed by atoms with Crippen LogP contribution in [0.15, 0.2) is 36.7 Å². The van der Waals surface area contributed by atoms with Gasteiger partial charge in [-0.3, -0.25) is 0 Å². The third-order valence-corrected chi connectivity index (χ3v) is 4.96. The van der Waals surface area contributed by atoms with Crippen LogP contribution in [0.1, 0.15) is 45.2 Å². The number of rotatable bonds is 3. The Kier molecular flexibility index (Phi) is 5.05. The fraction of sp³-hybridized carbons (Fsp3) is 0.381. The number of carbonyl (C=O) groups is 1. The van der Waals surface area contributed by atoms with Crippen molar-refractivity contribution in [3.05, 3.63) is 53.9 Å². The predicted octanol–water partition coefficient (Wildman–Crippen LogP) is 4.27. The van der Waals surface area contributed by atoms with Crippen LogP contribution in [-0.2, 0) is 0 Å². The lowest BCUT2D eigenvalue weighted by molar-refractivity contribution is 0.244. The zero-order chi connectivity index (χ0) is 21.5. The van der Waals surface area contributed by atoms with E-state index in [1.807, 2.05) is 25.7 Å². The van der Waals surface area contributed by atoms with Crippen LogP contribution in [-0.4, -0.2) is 32.7 Å². The first-order valence-electron chi connectivity index (χ1n) is 9.86. The van der Waals surface area contributed by atoms with Gasteiger partial charge in [-0.1, -0.05) is 0 Å². The molecule has 0 saturated carbocycles. The van der Waals surface area contributed by atoms with Crippen molar-refractivity contribution in [1.29, 1.82) is 0 Å². The molecule has 1 aromatic carbocycles. The molecule has 0 unspecified atom stereocenters. The molecule has 3 aromatic rings. The first kappa shape index (κ1) is 20.1. The van der Waals surface area contributed by atoms with Crippen molar-refractivity contribution in [2.75, 3.05) is 16.8 Å². The summed E-state index contributed by atoms with van der Waals surface area (Å²) < 4.78 is 29.7. The minimum atomic E-state index is -0.464. The monoisotopic (exact) mass is 414 g/mol. The standard InChI is InChI=1S/C21H24F2N6O/c1-21(2,3)27-20(30)25-16-12-24-29-10-8-18(26-19(16)29)28-9-4-5-17(28)14-11-13(22)6-7-15(14)23/h6-8,10-12,17H,4-5,9H2,1-3H3,(H2,25,27,30)/t17-/m1/s1. The Bertz CT molecular complexity index is 1090. The summed E-state index contributed by atoms with van der Waals surface area (Å²) in [5.41, 5.74) is 0.877. The highest BCUT2D eigenvalue weighted by Crippen LogP contribution is 2.37. The summed E-state index contributed by atoms with van der Waals surface area (Å²) in [5, 5.41) is 9.83. The molecule has 4 rings (SSSR count). The fourth-order valence-electron chi connectivity index (χ4n) is 3.74. The maximum absolute atomic E-state index is 14.4. The molecule has 1 saturated heterocycles. The number of fused-ring (bicyclic) bond motifs is 1. The largest absolute Gasteiger partial charge is 0.349 e. The number of amides is 2. The van der Waals surface area contributed by atoms with E-state index in [-0.39, 0.29) is 17.6 Å². The van der Waals surface area contributed by atoms with Crippen molar-refractivity contribution >= 4 is 23.2 Å². The zero-order valence-electron chi connectivity index (χ0n) is 17.1. The topological polar surface area (TPSA) is 74.6 Å². The number of urea groups is 1. The molecule has 0 spiro atoms. The molecule has 1 aliphatic rings. The maximum Gasteiger partial charge on any atom is 0.319 e. The van der Waals surface area contributed by atoms with Crippen LogP contribution in [0.3, 0.4) is 0 Å². The molecule has 1 fully saturated rings. The van der Waals surface area contributed by atoms with Gasteiger partial charge in [-0.05, 0) is 57.9 Å². The Labute approximate surface area is 173 Å². The van der Waals surface area contributed by atoms with Crippen LogP contribution in [0.25, 0.3) is 5.65 Å². The van der Waals surface area contributed by atoms with Gasteiger partial charge in [0.1, 0.15) is 23.1 Å². The van der Waals surface area contributed by atoms with E-state index in [4.69, 9.17) is 0 Å². The first-order chi connectivity index (χ1) is 14.2. The molecule has 0 aliphatic carbocycles. The molecule has 7 nitrogen and oxygen atoms in total. The molecule has 0 bridgehead atoms. The molecule has 3 heterocycles. The Morgan fingerprint density at radius 2 is 2.03 bits per heavy atom. The van der Waals surface area contributed by atoms with E-state index in [1.54, 1.807) is 16.8 Å². The second-order valence-electron chi connectivity index (χ2n) is 8.46. The molecular weight excluding hydrogens is 390 g/mol. The molecule has 9 heteroatoms. The number of carbonyl (C=O) groups excluding carboxylic acids is 1.